The Labute approximate surface area is 185 Å². The predicted molar refractivity (Wildman–Crippen MR) is 124 cm³/mol. The molecule has 166 valence electrons. The molecule has 0 radical (unpaired) electrons. The van der Waals surface area contributed by atoms with Crippen molar-refractivity contribution >= 4 is 28.9 Å². The zero-order chi connectivity index (χ0) is 22.5. The minimum Gasteiger partial charge on any atom is -0.384 e. The normalized spacial score (nSPS) is 13.7. The van der Waals surface area contributed by atoms with E-state index in [0.29, 0.717) is 50.0 Å². The van der Waals surface area contributed by atoms with Crippen LogP contribution in [0.15, 0.2) is 42.7 Å². The number of nitrogens with two attached hydrogens (primary N) is 3. The van der Waals surface area contributed by atoms with Crippen molar-refractivity contribution in [2.75, 3.05) is 54.5 Å². The van der Waals surface area contributed by atoms with Crippen LogP contribution in [0, 0.1) is 0 Å². The van der Waals surface area contributed by atoms with Gasteiger partial charge < -0.3 is 32.2 Å². The Morgan fingerprint density at radius 2 is 1.84 bits per heavy atom. The third-order valence-electron chi connectivity index (χ3n) is 5.20. The Bertz CT molecular complexity index is 1100. The van der Waals surface area contributed by atoms with E-state index in [1.165, 1.54) is 6.20 Å². The van der Waals surface area contributed by atoms with Crippen molar-refractivity contribution < 1.29 is 9.53 Å². The number of pyridine rings is 1. The van der Waals surface area contributed by atoms with E-state index in [-0.39, 0.29) is 11.5 Å². The molecule has 7 N–H and O–H groups in total. The van der Waals surface area contributed by atoms with E-state index in [1.807, 2.05) is 24.3 Å². The van der Waals surface area contributed by atoms with Gasteiger partial charge in [-0.2, -0.15) is 0 Å². The lowest BCUT2D eigenvalue weighted by molar-refractivity contribution is 0.102. The van der Waals surface area contributed by atoms with E-state index in [9.17, 15) is 4.79 Å². The monoisotopic (exact) mass is 434 g/mol. The summed E-state index contributed by atoms with van der Waals surface area (Å²) in [4.78, 5) is 27.9. The fraction of sp³-hybridized carbons (Fsp3) is 0.273. The largest absolute Gasteiger partial charge is 0.384 e. The molecule has 3 heterocycles. The summed E-state index contributed by atoms with van der Waals surface area (Å²) in [6.07, 6.45) is 3.87. The number of amides is 1. The van der Waals surface area contributed by atoms with Crippen molar-refractivity contribution in [3.8, 4) is 11.3 Å². The zero-order valence-electron chi connectivity index (χ0n) is 17.6. The van der Waals surface area contributed by atoms with E-state index in [0.717, 1.165) is 23.2 Å². The molecule has 0 bridgehead atoms. The highest BCUT2D eigenvalue weighted by atomic mass is 16.5. The highest BCUT2D eigenvalue weighted by Gasteiger charge is 2.20. The highest BCUT2D eigenvalue weighted by molar-refractivity contribution is 6.07. The minimum atomic E-state index is -0.474. The van der Waals surface area contributed by atoms with Gasteiger partial charge in [-0.05, 0) is 18.5 Å². The Morgan fingerprint density at radius 1 is 1.09 bits per heavy atom. The van der Waals surface area contributed by atoms with Crippen LogP contribution in [0.3, 0.4) is 0 Å². The maximum absolute atomic E-state index is 13.1. The number of hydrogen-bond donors (Lipinski definition) is 4. The zero-order valence-corrected chi connectivity index (χ0v) is 17.6. The average Bonchev–Trinajstić information content (AvgIpc) is 2.82. The van der Waals surface area contributed by atoms with Crippen LogP contribution in [0.5, 0.6) is 0 Å². The summed E-state index contributed by atoms with van der Waals surface area (Å²) in [7, 11) is 0. The number of carbonyl (C=O) groups excluding carboxylic acids is 1. The van der Waals surface area contributed by atoms with Gasteiger partial charge >= 0.3 is 0 Å². The third-order valence-corrected chi connectivity index (χ3v) is 5.20. The molecule has 1 aliphatic rings. The lowest BCUT2D eigenvalue weighted by Gasteiger charge is -2.30. The molecular weight excluding hydrogens is 408 g/mol. The summed E-state index contributed by atoms with van der Waals surface area (Å²) in [5, 5.41) is 2.86. The van der Waals surface area contributed by atoms with E-state index < -0.39 is 5.91 Å². The second-order valence-electron chi connectivity index (χ2n) is 7.40. The highest BCUT2D eigenvalue weighted by Crippen LogP contribution is 2.28. The van der Waals surface area contributed by atoms with Crippen LogP contribution in [0.1, 0.15) is 16.1 Å². The topological polar surface area (TPSA) is 158 Å². The fourth-order valence-corrected chi connectivity index (χ4v) is 3.52. The van der Waals surface area contributed by atoms with Gasteiger partial charge in [0.05, 0.1) is 42.7 Å². The van der Waals surface area contributed by atoms with Gasteiger partial charge in [-0.15, -0.1) is 0 Å². The number of nitrogens with one attached hydrogen (secondary N) is 1. The van der Waals surface area contributed by atoms with Crippen LogP contribution >= 0.6 is 0 Å². The number of carbonyl (C=O) groups is 1. The van der Waals surface area contributed by atoms with Gasteiger partial charge in [0.25, 0.3) is 5.91 Å². The van der Waals surface area contributed by atoms with Crippen LogP contribution in [-0.2, 0) is 11.2 Å². The Balaban J connectivity index is 1.59. The van der Waals surface area contributed by atoms with E-state index in [4.69, 9.17) is 21.9 Å². The first kappa shape index (κ1) is 21.5. The lowest BCUT2D eigenvalue weighted by Crippen LogP contribution is -2.37. The van der Waals surface area contributed by atoms with Crippen LogP contribution in [0.2, 0.25) is 0 Å². The molecule has 0 spiro atoms. The summed E-state index contributed by atoms with van der Waals surface area (Å²) in [5.41, 5.74) is 21.3. The molecule has 1 amide bonds. The Morgan fingerprint density at radius 3 is 2.56 bits per heavy atom. The van der Waals surface area contributed by atoms with Gasteiger partial charge in [-0.25, -0.2) is 15.0 Å². The third kappa shape index (κ3) is 4.76. The van der Waals surface area contributed by atoms with Crippen molar-refractivity contribution in [3.63, 3.8) is 0 Å². The summed E-state index contributed by atoms with van der Waals surface area (Å²) >= 11 is 0. The summed E-state index contributed by atoms with van der Waals surface area (Å²) < 4.78 is 5.42. The predicted octanol–water partition coefficient (Wildman–Crippen LogP) is 1.29. The maximum atomic E-state index is 13.1. The van der Waals surface area contributed by atoms with Gasteiger partial charge in [0.15, 0.2) is 11.5 Å². The van der Waals surface area contributed by atoms with Crippen molar-refractivity contribution in [2.45, 2.75) is 6.42 Å². The number of nitrogens with zero attached hydrogens (tertiary/aromatic N) is 4. The van der Waals surface area contributed by atoms with E-state index in [2.05, 4.69) is 25.2 Å². The number of benzene rings is 1. The molecule has 1 aromatic carbocycles. The number of anilines is 4. The molecule has 1 fully saturated rings. The van der Waals surface area contributed by atoms with Gasteiger partial charge in [0, 0.05) is 24.7 Å². The molecule has 1 aliphatic heterocycles. The quantitative estimate of drug-likeness (QED) is 0.448. The lowest BCUT2D eigenvalue weighted by atomic mass is 10.1. The average molecular weight is 435 g/mol. The summed E-state index contributed by atoms with van der Waals surface area (Å²) in [6, 6.07) is 9.54. The first-order chi connectivity index (χ1) is 15.5. The number of aromatic nitrogens is 3. The minimum absolute atomic E-state index is 0.0401. The molecule has 32 heavy (non-hydrogen) atoms. The van der Waals surface area contributed by atoms with Crippen LogP contribution < -0.4 is 27.4 Å². The van der Waals surface area contributed by atoms with E-state index >= 15 is 0 Å². The second-order valence-corrected chi connectivity index (χ2v) is 7.40. The first-order valence-electron chi connectivity index (χ1n) is 10.4. The number of rotatable bonds is 6. The smallest absolute Gasteiger partial charge is 0.278 e. The molecule has 0 atom stereocenters. The molecule has 3 aromatic rings. The van der Waals surface area contributed by atoms with Gasteiger partial charge in [-0.1, -0.05) is 24.3 Å². The van der Waals surface area contributed by atoms with Crippen molar-refractivity contribution in [1.82, 2.24) is 15.0 Å². The molecule has 4 rings (SSSR count). The Hall–Kier alpha value is -3.76. The first-order valence-corrected chi connectivity index (χ1v) is 10.4. The fourth-order valence-electron chi connectivity index (χ4n) is 3.52. The van der Waals surface area contributed by atoms with Crippen LogP contribution in [0.4, 0.5) is 23.0 Å². The molecule has 10 nitrogen and oxygen atoms in total. The van der Waals surface area contributed by atoms with Gasteiger partial charge in [-0.3, -0.25) is 4.79 Å². The van der Waals surface area contributed by atoms with Gasteiger partial charge in [0.2, 0.25) is 0 Å². The molecule has 0 unspecified atom stereocenters. The molecule has 2 aromatic heterocycles. The summed E-state index contributed by atoms with van der Waals surface area (Å²) in [5.74, 6) is -0.0658. The number of morpholine rings is 1. The van der Waals surface area contributed by atoms with Crippen molar-refractivity contribution in [3.05, 3.63) is 54.0 Å². The molecule has 10 heteroatoms. The van der Waals surface area contributed by atoms with E-state index in [1.54, 1.807) is 12.3 Å². The number of ether oxygens (including phenoxy) is 1. The van der Waals surface area contributed by atoms with Crippen LogP contribution in [-0.4, -0.2) is 53.7 Å². The Kier molecular flexibility index (Phi) is 6.43. The number of hydrogen-bond acceptors (Lipinski definition) is 9. The maximum Gasteiger partial charge on any atom is 0.278 e. The summed E-state index contributed by atoms with van der Waals surface area (Å²) in [6.45, 7) is 3.14. The van der Waals surface area contributed by atoms with Gasteiger partial charge in [0.1, 0.15) is 5.82 Å². The molecule has 0 saturated carbocycles. The van der Waals surface area contributed by atoms with Crippen LogP contribution in [0.25, 0.3) is 11.3 Å². The molecule has 1 saturated heterocycles. The molecule has 0 aliphatic carbocycles. The standard InChI is InChI=1S/C22H26N8O2/c23-6-5-14-1-3-15(4-2-14)16-12-27-21(25)20(28-16)22(31)29-17-13-26-19(24)11-18(17)30-7-9-32-10-8-30/h1-4,11-13H,5-10,23H2,(H2,24,26)(H2,25,27)(H,29,31). The number of nitrogen functional groups attached to an aromatic ring is 2. The second kappa shape index (κ2) is 9.58. The SMILES string of the molecule is NCCc1ccc(-c2cnc(N)c(C(=O)Nc3cnc(N)cc3N3CCOCC3)n2)cc1. The van der Waals surface area contributed by atoms with Crippen molar-refractivity contribution in [2.24, 2.45) is 5.73 Å². The van der Waals surface area contributed by atoms with Crippen molar-refractivity contribution in [1.29, 1.82) is 0 Å². The molecular formula is C22H26N8O2.